The molecular weight excluding hydrogens is 277 g/mol. The molecule has 0 bridgehead atoms. The fourth-order valence-corrected chi connectivity index (χ4v) is 2.43. The Bertz CT molecular complexity index is 573. The van der Waals surface area contributed by atoms with Crippen LogP contribution in [-0.2, 0) is 9.59 Å². The van der Waals surface area contributed by atoms with Crippen LogP contribution in [0.25, 0.3) is 0 Å². The van der Waals surface area contributed by atoms with E-state index in [-0.39, 0.29) is 18.0 Å². The van der Waals surface area contributed by atoms with Crippen molar-refractivity contribution in [3.8, 4) is 5.75 Å². The number of fused-ring (bicyclic) bond motifs is 1. The maximum Gasteiger partial charge on any atom is 0.326 e. The van der Waals surface area contributed by atoms with Crippen LogP contribution in [0.5, 0.6) is 5.75 Å². The molecule has 1 N–H and O–H groups in total. The number of carbonyl (C=O) groups excluding carboxylic acids is 1. The zero-order chi connectivity index (χ0) is 15.7. The third-order valence-electron chi connectivity index (χ3n) is 3.50. The normalized spacial score (nSPS) is 19.2. The van der Waals surface area contributed by atoms with Gasteiger partial charge in [-0.05, 0) is 24.5 Å². The van der Waals surface area contributed by atoms with Crippen LogP contribution in [0.1, 0.15) is 27.2 Å². The molecule has 1 aliphatic heterocycles. The van der Waals surface area contributed by atoms with Crippen LogP contribution in [0, 0.1) is 11.7 Å². The minimum absolute atomic E-state index is 0.121. The van der Waals surface area contributed by atoms with E-state index in [0.29, 0.717) is 5.75 Å². The van der Waals surface area contributed by atoms with Gasteiger partial charge in [0.05, 0.1) is 5.69 Å². The average molecular weight is 295 g/mol. The highest BCUT2D eigenvalue weighted by Gasteiger charge is 2.41. The molecule has 2 rings (SSSR count). The summed E-state index contributed by atoms with van der Waals surface area (Å²) in [6, 6.07) is 2.75. The summed E-state index contributed by atoms with van der Waals surface area (Å²) < 4.78 is 19.1. The van der Waals surface area contributed by atoms with E-state index in [0.717, 1.165) is 11.0 Å². The Hall–Kier alpha value is -2.11. The summed E-state index contributed by atoms with van der Waals surface area (Å²) >= 11 is 0. The Balaban J connectivity index is 2.56. The predicted octanol–water partition coefficient (Wildman–Crippen LogP) is 2.44. The van der Waals surface area contributed by atoms with E-state index in [1.165, 1.54) is 12.1 Å². The van der Waals surface area contributed by atoms with Gasteiger partial charge in [0.2, 0.25) is 0 Å². The average Bonchev–Trinajstić information content (AvgIpc) is 2.41. The molecule has 114 valence electrons. The summed E-state index contributed by atoms with van der Waals surface area (Å²) in [7, 11) is 0. The van der Waals surface area contributed by atoms with Crippen molar-refractivity contribution in [3.63, 3.8) is 0 Å². The molecule has 21 heavy (non-hydrogen) atoms. The second-order valence-corrected chi connectivity index (χ2v) is 5.37. The topological polar surface area (TPSA) is 66.8 Å². The van der Waals surface area contributed by atoms with Crippen molar-refractivity contribution < 1.29 is 23.8 Å². The van der Waals surface area contributed by atoms with E-state index >= 15 is 0 Å². The van der Waals surface area contributed by atoms with Crippen LogP contribution in [-0.4, -0.2) is 29.1 Å². The van der Waals surface area contributed by atoms with Crippen LogP contribution in [0.4, 0.5) is 10.1 Å². The second kappa shape index (κ2) is 5.71. The van der Waals surface area contributed by atoms with E-state index < -0.39 is 29.8 Å². The van der Waals surface area contributed by atoms with Gasteiger partial charge in [0.15, 0.2) is 6.10 Å². The van der Waals surface area contributed by atoms with E-state index in [2.05, 4.69) is 0 Å². The fourth-order valence-electron chi connectivity index (χ4n) is 2.43. The van der Waals surface area contributed by atoms with Crippen LogP contribution in [0.15, 0.2) is 18.2 Å². The summed E-state index contributed by atoms with van der Waals surface area (Å²) in [5, 5.41) is 9.33. The summed E-state index contributed by atoms with van der Waals surface area (Å²) in [5.41, 5.74) is 0.172. The van der Waals surface area contributed by atoms with E-state index in [1.807, 2.05) is 13.8 Å². The number of ether oxygens (including phenoxy) is 1. The Morgan fingerprint density at radius 3 is 2.67 bits per heavy atom. The molecule has 1 aromatic carbocycles. The molecule has 0 aromatic heterocycles. The van der Waals surface area contributed by atoms with Gasteiger partial charge in [-0.15, -0.1) is 0 Å². The first-order chi connectivity index (χ1) is 9.86. The first kappa shape index (κ1) is 15.3. The minimum Gasteiger partial charge on any atom is -0.480 e. The molecule has 0 fully saturated rings. The Morgan fingerprint density at radius 1 is 1.48 bits per heavy atom. The van der Waals surface area contributed by atoms with Crippen molar-refractivity contribution in [3.05, 3.63) is 24.0 Å². The summed E-state index contributed by atoms with van der Waals surface area (Å²) in [5.74, 6) is -1.90. The molecule has 1 amide bonds. The number of hydrogen-bond donors (Lipinski definition) is 1. The number of halogens is 1. The molecule has 6 heteroatoms. The Morgan fingerprint density at radius 2 is 2.14 bits per heavy atom. The monoisotopic (exact) mass is 295 g/mol. The van der Waals surface area contributed by atoms with Crippen molar-refractivity contribution >= 4 is 17.6 Å². The number of aliphatic carboxylic acids is 1. The van der Waals surface area contributed by atoms with Crippen LogP contribution in [0.2, 0.25) is 0 Å². The number of amides is 1. The largest absolute Gasteiger partial charge is 0.480 e. The first-order valence-electron chi connectivity index (χ1n) is 6.88. The van der Waals surface area contributed by atoms with Gasteiger partial charge in [0.1, 0.15) is 17.6 Å². The zero-order valence-electron chi connectivity index (χ0n) is 12.2. The van der Waals surface area contributed by atoms with Crippen LogP contribution >= 0.6 is 0 Å². The quantitative estimate of drug-likeness (QED) is 0.926. The van der Waals surface area contributed by atoms with Crippen molar-refractivity contribution in [2.45, 2.75) is 39.3 Å². The highest BCUT2D eigenvalue weighted by molar-refractivity contribution is 6.04. The molecule has 5 nitrogen and oxygen atoms in total. The zero-order valence-corrected chi connectivity index (χ0v) is 12.2. The lowest BCUT2D eigenvalue weighted by atomic mass is 10.0. The number of benzene rings is 1. The predicted molar refractivity (Wildman–Crippen MR) is 74.9 cm³/mol. The fraction of sp³-hybridized carbons (Fsp3) is 0.467. The standard InChI is InChI=1S/C15H18FNO4/c1-4-10(15(19)20)17-11-7-9(16)5-6-12(11)21-13(8(2)3)14(17)18/h5-8,10,13H,4H2,1-3H3,(H,19,20). The highest BCUT2D eigenvalue weighted by Crippen LogP contribution is 2.38. The van der Waals surface area contributed by atoms with Gasteiger partial charge in [-0.25, -0.2) is 9.18 Å². The number of anilines is 1. The molecule has 0 spiro atoms. The van der Waals surface area contributed by atoms with Crippen LogP contribution < -0.4 is 9.64 Å². The molecular formula is C15H18FNO4. The molecule has 0 saturated carbocycles. The number of carboxylic acids is 1. The number of carboxylic acid groups (broad SMARTS) is 1. The number of nitrogens with zero attached hydrogens (tertiary/aromatic N) is 1. The van der Waals surface area contributed by atoms with Crippen molar-refractivity contribution in [1.29, 1.82) is 0 Å². The minimum atomic E-state index is -1.12. The highest BCUT2D eigenvalue weighted by atomic mass is 19.1. The summed E-state index contributed by atoms with van der Waals surface area (Å²) in [6.07, 6.45) is -0.543. The van der Waals surface area contributed by atoms with Crippen molar-refractivity contribution in [1.82, 2.24) is 0 Å². The van der Waals surface area contributed by atoms with Gasteiger partial charge >= 0.3 is 5.97 Å². The molecule has 0 aliphatic carbocycles. The first-order valence-corrected chi connectivity index (χ1v) is 6.88. The van der Waals surface area contributed by atoms with Gasteiger partial charge in [-0.1, -0.05) is 20.8 Å². The summed E-state index contributed by atoms with van der Waals surface area (Å²) in [4.78, 5) is 25.1. The molecule has 2 unspecified atom stereocenters. The van der Waals surface area contributed by atoms with Gasteiger partial charge in [0.25, 0.3) is 5.91 Å². The lowest BCUT2D eigenvalue weighted by Crippen LogP contribution is -2.54. The van der Waals surface area contributed by atoms with E-state index in [1.54, 1.807) is 6.92 Å². The van der Waals surface area contributed by atoms with E-state index in [9.17, 15) is 19.1 Å². The number of hydrogen-bond acceptors (Lipinski definition) is 3. The maximum absolute atomic E-state index is 13.5. The second-order valence-electron chi connectivity index (χ2n) is 5.37. The van der Waals surface area contributed by atoms with Gasteiger partial charge in [0, 0.05) is 6.07 Å². The molecule has 0 radical (unpaired) electrons. The smallest absolute Gasteiger partial charge is 0.326 e. The lowest BCUT2D eigenvalue weighted by Gasteiger charge is -2.38. The lowest BCUT2D eigenvalue weighted by molar-refractivity contribution is -0.141. The summed E-state index contributed by atoms with van der Waals surface area (Å²) in [6.45, 7) is 5.30. The molecule has 2 atom stereocenters. The Kier molecular flexibility index (Phi) is 4.16. The van der Waals surface area contributed by atoms with Crippen molar-refractivity contribution in [2.75, 3.05) is 4.90 Å². The van der Waals surface area contributed by atoms with Gasteiger partial charge in [-0.3, -0.25) is 9.69 Å². The van der Waals surface area contributed by atoms with Gasteiger partial charge < -0.3 is 9.84 Å². The van der Waals surface area contributed by atoms with Crippen molar-refractivity contribution in [2.24, 2.45) is 5.92 Å². The molecule has 1 aromatic rings. The number of rotatable bonds is 4. The third-order valence-corrected chi connectivity index (χ3v) is 3.50. The molecule has 0 saturated heterocycles. The Labute approximate surface area is 122 Å². The number of carbonyl (C=O) groups is 2. The molecule has 1 heterocycles. The third kappa shape index (κ3) is 2.70. The van der Waals surface area contributed by atoms with E-state index in [4.69, 9.17) is 4.74 Å². The van der Waals surface area contributed by atoms with Gasteiger partial charge in [-0.2, -0.15) is 0 Å². The maximum atomic E-state index is 13.5. The molecule has 1 aliphatic rings. The SMILES string of the molecule is CCC(C(=O)O)N1C(=O)C(C(C)C)Oc2ccc(F)cc21. The van der Waals surface area contributed by atoms with Crippen LogP contribution in [0.3, 0.4) is 0 Å².